The normalized spacial score (nSPS) is 21.2. The van der Waals surface area contributed by atoms with Crippen molar-refractivity contribution in [1.29, 1.82) is 0 Å². The fourth-order valence-electron chi connectivity index (χ4n) is 4.04. The number of likely N-dealkylation sites (tertiary alicyclic amines) is 2. The van der Waals surface area contributed by atoms with Gasteiger partial charge in [0, 0.05) is 39.1 Å². The van der Waals surface area contributed by atoms with Gasteiger partial charge in [-0.1, -0.05) is 30.3 Å². The van der Waals surface area contributed by atoms with Crippen molar-refractivity contribution in [3.63, 3.8) is 0 Å². The molecule has 2 N–H and O–H groups in total. The van der Waals surface area contributed by atoms with Crippen LogP contribution in [0, 0.1) is 5.92 Å². The molecule has 2 fully saturated rings. The summed E-state index contributed by atoms with van der Waals surface area (Å²) in [6, 6.07) is 10.8. The lowest BCUT2D eigenvalue weighted by atomic mass is 9.96. The van der Waals surface area contributed by atoms with E-state index in [2.05, 4.69) is 45.9 Å². The maximum absolute atomic E-state index is 12.3. The Balaban J connectivity index is 1.30. The predicted molar refractivity (Wildman–Crippen MR) is 107 cm³/mol. The van der Waals surface area contributed by atoms with Crippen LogP contribution in [0.3, 0.4) is 0 Å². The number of piperidine rings is 1. The van der Waals surface area contributed by atoms with Crippen molar-refractivity contribution in [3.8, 4) is 0 Å². The van der Waals surface area contributed by atoms with E-state index in [1.54, 1.807) is 0 Å². The van der Waals surface area contributed by atoms with Gasteiger partial charge >= 0.3 is 6.03 Å². The van der Waals surface area contributed by atoms with Gasteiger partial charge in [-0.25, -0.2) is 4.79 Å². The SMILES string of the molecule is CC(=O)N[C@@H]1CCN(C(=O)NCC2CCN(CCc3ccccc3)CC2)C1. The van der Waals surface area contributed by atoms with Crippen molar-refractivity contribution in [3.05, 3.63) is 35.9 Å². The number of hydrogen-bond donors (Lipinski definition) is 2. The van der Waals surface area contributed by atoms with Crippen molar-refractivity contribution in [1.82, 2.24) is 20.4 Å². The van der Waals surface area contributed by atoms with Crippen LogP contribution < -0.4 is 10.6 Å². The Morgan fingerprint density at radius 2 is 1.81 bits per heavy atom. The quantitative estimate of drug-likeness (QED) is 0.801. The maximum atomic E-state index is 12.3. The summed E-state index contributed by atoms with van der Waals surface area (Å²) in [6.45, 7) is 6.95. The predicted octanol–water partition coefficient (Wildman–Crippen LogP) is 1.86. The third-order valence-corrected chi connectivity index (χ3v) is 5.69. The summed E-state index contributed by atoms with van der Waals surface area (Å²) in [5, 5.41) is 5.99. The van der Waals surface area contributed by atoms with Crippen molar-refractivity contribution in [2.24, 2.45) is 5.92 Å². The van der Waals surface area contributed by atoms with Gasteiger partial charge in [0.1, 0.15) is 0 Å². The summed E-state index contributed by atoms with van der Waals surface area (Å²) >= 11 is 0. The van der Waals surface area contributed by atoms with Crippen LogP contribution >= 0.6 is 0 Å². The van der Waals surface area contributed by atoms with Crippen LogP contribution in [0.25, 0.3) is 0 Å². The molecule has 6 heteroatoms. The molecule has 2 aliphatic rings. The molecule has 1 atom stereocenters. The molecule has 2 aliphatic heterocycles. The van der Waals surface area contributed by atoms with Gasteiger partial charge in [0.25, 0.3) is 0 Å². The van der Waals surface area contributed by atoms with Crippen LogP contribution in [0.15, 0.2) is 30.3 Å². The average molecular weight is 373 g/mol. The van der Waals surface area contributed by atoms with E-state index >= 15 is 0 Å². The minimum atomic E-state index is -0.0266. The first kappa shape index (κ1) is 19.7. The summed E-state index contributed by atoms with van der Waals surface area (Å²) < 4.78 is 0. The highest BCUT2D eigenvalue weighted by molar-refractivity contribution is 5.75. The molecule has 6 nitrogen and oxygen atoms in total. The third kappa shape index (κ3) is 6.24. The Hall–Kier alpha value is -2.08. The van der Waals surface area contributed by atoms with E-state index in [0.717, 1.165) is 51.9 Å². The van der Waals surface area contributed by atoms with Gasteiger partial charge in [-0.2, -0.15) is 0 Å². The second-order valence-corrected chi connectivity index (χ2v) is 7.84. The van der Waals surface area contributed by atoms with Gasteiger partial charge in [0.05, 0.1) is 0 Å². The molecule has 0 aliphatic carbocycles. The summed E-state index contributed by atoms with van der Waals surface area (Å²) in [4.78, 5) is 27.8. The van der Waals surface area contributed by atoms with Crippen LogP contribution in [-0.2, 0) is 11.2 Å². The van der Waals surface area contributed by atoms with Gasteiger partial charge in [0.2, 0.25) is 5.91 Å². The highest BCUT2D eigenvalue weighted by atomic mass is 16.2. The average Bonchev–Trinajstić information content (AvgIpc) is 3.14. The van der Waals surface area contributed by atoms with E-state index in [-0.39, 0.29) is 18.0 Å². The zero-order valence-electron chi connectivity index (χ0n) is 16.3. The monoisotopic (exact) mass is 372 g/mol. The first-order valence-corrected chi connectivity index (χ1v) is 10.2. The molecule has 27 heavy (non-hydrogen) atoms. The van der Waals surface area contributed by atoms with Crippen molar-refractivity contribution >= 4 is 11.9 Å². The Bertz CT molecular complexity index is 614. The minimum Gasteiger partial charge on any atom is -0.352 e. The molecule has 0 unspecified atom stereocenters. The molecular formula is C21H32N4O2. The highest BCUT2D eigenvalue weighted by Crippen LogP contribution is 2.17. The van der Waals surface area contributed by atoms with Crippen LogP contribution in [0.4, 0.5) is 4.79 Å². The number of urea groups is 1. The number of carbonyl (C=O) groups excluding carboxylic acids is 2. The summed E-state index contributed by atoms with van der Waals surface area (Å²) in [5.41, 5.74) is 1.40. The number of nitrogens with one attached hydrogen (secondary N) is 2. The van der Waals surface area contributed by atoms with Crippen molar-refractivity contribution in [2.45, 2.75) is 38.6 Å². The number of benzene rings is 1. The maximum Gasteiger partial charge on any atom is 0.317 e. The topological polar surface area (TPSA) is 64.7 Å². The number of amides is 3. The fraction of sp³-hybridized carbons (Fsp3) is 0.619. The summed E-state index contributed by atoms with van der Waals surface area (Å²) in [5.74, 6) is 0.539. The standard InChI is InChI=1S/C21H32N4O2/c1-17(26)23-20-10-14-25(16-20)21(27)22-15-19-8-12-24(13-9-19)11-7-18-5-3-2-4-6-18/h2-6,19-20H,7-16H2,1H3,(H,22,27)(H,23,26)/t20-/m1/s1. The smallest absolute Gasteiger partial charge is 0.317 e. The first-order valence-electron chi connectivity index (χ1n) is 10.2. The van der Waals surface area contributed by atoms with E-state index in [0.29, 0.717) is 19.0 Å². The fourth-order valence-corrected chi connectivity index (χ4v) is 4.04. The molecule has 0 saturated carbocycles. The number of rotatable bonds is 6. The van der Waals surface area contributed by atoms with Gasteiger partial charge in [-0.05, 0) is 50.3 Å². The Morgan fingerprint density at radius 3 is 2.52 bits per heavy atom. The molecule has 3 amide bonds. The second-order valence-electron chi connectivity index (χ2n) is 7.84. The van der Waals surface area contributed by atoms with E-state index in [4.69, 9.17) is 0 Å². The molecule has 3 rings (SSSR count). The van der Waals surface area contributed by atoms with Crippen LogP contribution in [0.2, 0.25) is 0 Å². The van der Waals surface area contributed by atoms with E-state index in [9.17, 15) is 9.59 Å². The number of hydrogen-bond acceptors (Lipinski definition) is 3. The Labute approximate surface area is 162 Å². The van der Waals surface area contributed by atoms with Crippen LogP contribution in [-0.4, -0.2) is 67.0 Å². The molecule has 148 valence electrons. The summed E-state index contributed by atoms with van der Waals surface area (Å²) in [7, 11) is 0. The van der Waals surface area contributed by atoms with E-state index < -0.39 is 0 Å². The van der Waals surface area contributed by atoms with Crippen molar-refractivity contribution < 1.29 is 9.59 Å². The Morgan fingerprint density at radius 1 is 1.07 bits per heavy atom. The molecule has 0 bridgehead atoms. The second kappa shape index (κ2) is 9.74. The van der Waals surface area contributed by atoms with Crippen LogP contribution in [0.1, 0.15) is 31.7 Å². The van der Waals surface area contributed by atoms with Crippen molar-refractivity contribution in [2.75, 3.05) is 39.3 Å². The molecule has 0 aromatic heterocycles. The number of nitrogens with zero attached hydrogens (tertiary/aromatic N) is 2. The molecule has 0 radical (unpaired) electrons. The molecule has 2 saturated heterocycles. The minimum absolute atomic E-state index is 0.00867. The molecule has 1 aromatic carbocycles. The zero-order chi connectivity index (χ0) is 19.1. The van der Waals surface area contributed by atoms with E-state index in [1.165, 1.54) is 12.5 Å². The Kier molecular flexibility index (Phi) is 7.10. The number of carbonyl (C=O) groups is 2. The third-order valence-electron chi connectivity index (χ3n) is 5.69. The molecule has 0 spiro atoms. The summed E-state index contributed by atoms with van der Waals surface area (Å²) in [6.07, 6.45) is 4.23. The lowest BCUT2D eigenvalue weighted by Gasteiger charge is -2.32. The lowest BCUT2D eigenvalue weighted by Crippen LogP contribution is -2.44. The largest absolute Gasteiger partial charge is 0.352 e. The molecular weight excluding hydrogens is 340 g/mol. The van der Waals surface area contributed by atoms with Gasteiger partial charge < -0.3 is 20.4 Å². The van der Waals surface area contributed by atoms with E-state index in [1.807, 2.05) is 4.90 Å². The highest BCUT2D eigenvalue weighted by Gasteiger charge is 2.27. The molecule has 2 heterocycles. The zero-order valence-corrected chi connectivity index (χ0v) is 16.3. The van der Waals surface area contributed by atoms with Gasteiger partial charge in [-0.15, -0.1) is 0 Å². The molecule has 1 aromatic rings. The lowest BCUT2D eigenvalue weighted by molar-refractivity contribution is -0.119. The first-order chi connectivity index (χ1) is 13.1. The van der Waals surface area contributed by atoms with Gasteiger partial charge in [-0.3, -0.25) is 4.79 Å². The van der Waals surface area contributed by atoms with Crippen LogP contribution in [0.5, 0.6) is 0 Å². The van der Waals surface area contributed by atoms with Gasteiger partial charge in [0.15, 0.2) is 0 Å².